The standard InChI is InChI=1S/C7H16O/c1-6(2)5-8-7(3)4/h6-7H,5H2,1-4H3/i5D2. The number of rotatable bonds is 3. The zero-order chi connectivity index (χ0) is 8.36. The van der Waals surface area contributed by atoms with E-state index in [0.717, 1.165) is 0 Å². The van der Waals surface area contributed by atoms with Gasteiger partial charge in [0.1, 0.15) is 0 Å². The molecule has 0 saturated carbocycles. The van der Waals surface area contributed by atoms with Crippen molar-refractivity contribution in [1.82, 2.24) is 0 Å². The van der Waals surface area contributed by atoms with Crippen LogP contribution in [0.2, 0.25) is 0 Å². The van der Waals surface area contributed by atoms with Gasteiger partial charge in [-0.15, -0.1) is 0 Å². The molecule has 8 heavy (non-hydrogen) atoms. The van der Waals surface area contributed by atoms with Crippen molar-refractivity contribution in [3.05, 3.63) is 0 Å². The molecule has 0 atom stereocenters. The summed E-state index contributed by atoms with van der Waals surface area (Å²) in [5.74, 6) is -0.0881. The van der Waals surface area contributed by atoms with Gasteiger partial charge < -0.3 is 4.74 Å². The monoisotopic (exact) mass is 118 g/mol. The lowest BCUT2D eigenvalue weighted by Gasteiger charge is -2.08. The van der Waals surface area contributed by atoms with Crippen LogP contribution in [0.1, 0.15) is 30.4 Å². The average molecular weight is 118 g/mol. The third kappa shape index (κ3) is 5.96. The van der Waals surface area contributed by atoms with Crippen LogP contribution in [0, 0.1) is 5.92 Å². The molecule has 0 bridgehead atoms. The van der Waals surface area contributed by atoms with Crippen LogP contribution in [0.15, 0.2) is 0 Å². The summed E-state index contributed by atoms with van der Waals surface area (Å²) in [5, 5.41) is 0. The molecule has 0 fully saturated rings. The van der Waals surface area contributed by atoms with Gasteiger partial charge in [0.15, 0.2) is 0 Å². The molecule has 0 spiro atoms. The van der Waals surface area contributed by atoms with Crippen molar-refractivity contribution in [2.45, 2.75) is 33.8 Å². The van der Waals surface area contributed by atoms with E-state index in [1.54, 1.807) is 0 Å². The Labute approximate surface area is 54.9 Å². The first-order chi connectivity index (χ1) is 4.36. The normalized spacial score (nSPS) is 16.8. The van der Waals surface area contributed by atoms with Crippen LogP contribution in [0.25, 0.3) is 0 Å². The maximum Gasteiger partial charge on any atom is 0.0569 e. The molecule has 0 N–H and O–H groups in total. The van der Waals surface area contributed by atoms with E-state index >= 15 is 0 Å². The van der Waals surface area contributed by atoms with Crippen LogP contribution >= 0.6 is 0 Å². The fourth-order valence-corrected chi connectivity index (χ4v) is 0.272. The van der Waals surface area contributed by atoms with E-state index in [1.807, 2.05) is 27.7 Å². The van der Waals surface area contributed by atoms with E-state index in [4.69, 9.17) is 7.48 Å². The van der Waals surface area contributed by atoms with E-state index in [-0.39, 0.29) is 12.0 Å². The van der Waals surface area contributed by atoms with Gasteiger partial charge in [0, 0.05) is 6.56 Å². The third-order valence-electron chi connectivity index (χ3n) is 0.539. The van der Waals surface area contributed by atoms with Crippen molar-refractivity contribution in [3.63, 3.8) is 0 Å². The molecule has 0 aromatic rings. The van der Waals surface area contributed by atoms with Gasteiger partial charge in [0.05, 0.1) is 8.85 Å². The second-order valence-electron chi connectivity index (χ2n) is 2.44. The molecule has 0 aliphatic carbocycles. The Morgan fingerprint density at radius 2 is 1.88 bits per heavy atom. The van der Waals surface area contributed by atoms with Crippen LogP contribution in [0.3, 0.4) is 0 Å². The fraction of sp³-hybridized carbons (Fsp3) is 1.00. The highest BCUT2D eigenvalue weighted by Crippen LogP contribution is 1.95. The van der Waals surface area contributed by atoms with E-state index in [1.165, 1.54) is 0 Å². The Hall–Kier alpha value is -0.0400. The predicted molar refractivity (Wildman–Crippen MR) is 35.9 cm³/mol. The van der Waals surface area contributed by atoms with Crippen LogP contribution in [0.5, 0.6) is 0 Å². The van der Waals surface area contributed by atoms with Gasteiger partial charge >= 0.3 is 0 Å². The predicted octanol–water partition coefficient (Wildman–Crippen LogP) is 2.07. The fourth-order valence-electron chi connectivity index (χ4n) is 0.272. The molecule has 0 rings (SSSR count). The number of ether oxygens (including phenoxy) is 1. The van der Waals surface area contributed by atoms with Crippen molar-refractivity contribution < 1.29 is 7.48 Å². The number of hydrogen-bond donors (Lipinski definition) is 0. The lowest BCUT2D eigenvalue weighted by Crippen LogP contribution is -2.08. The SMILES string of the molecule is [2H]C([2H])(OC(C)C)C(C)C. The molecule has 1 heteroatoms. The van der Waals surface area contributed by atoms with Crippen LogP contribution in [-0.4, -0.2) is 12.7 Å². The minimum Gasteiger partial charge on any atom is -0.379 e. The van der Waals surface area contributed by atoms with Gasteiger partial charge in [0.25, 0.3) is 0 Å². The van der Waals surface area contributed by atoms with Gasteiger partial charge in [0.2, 0.25) is 0 Å². The van der Waals surface area contributed by atoms with Crippen molar-refractivity contribution in [3.8, 4) is 0 Å². The molecule has 0 unspecified atom stereocenters. The Balaban J connectivity index is 3.87. The first-order valence-electron chi connectivity index (χ1n) is 4.04. The first kappa shape index (κ1) is 4.80. The van der Waals surface area contributed by atoms with Crippen molar-refractivity contribution in [1.29, 1.82) is 0 Å². The lowest BCUT2D eigenvalue weighted by molar-refractivity contribution is 0.0593. The maximum atomic E-state index is 7.36. The van der Waals surface area contributed by atoms with Crippen molar-refractivity contribution >= 4 is 0 Å². The summed E-state index contributed by atoms with van der Waals surface area (Å²) in [6.07, 6.45) is -0.0441. The smallest absolute Gasteiger partial charge is 0.0569 e. The molecule has 50 valence electrons. The van der Waals surface area contributed by atoms with E-state index < -0.39 is 6.56 Å². The summed E-state index contributed by atoms with van der Waals surface area (Å²) in [6.45, 7) is 5.80. The van der Waals surface area contributed by atoms with Crippen molar-refractivity contribution in [2.24, 2.45) is 5.92 Å². The Kier molecular flexibility index (Phi) is 2.34. The molecule has 1 nitrogen and oxygen atoms in total. The van der Waals surface area contributed by atoms with E-state index in [9.17, 15) is 0 Å². The van der Waals surface area contributed by atoms with Crippen LogP contribution in [-0.2, 0) is 4.74 Å². The van der Waals surface area contributed by atoms with E-state index in [2.05, 4.69) is 0 Å². The molecule has 0 aromatic carbocycles. The third-order valence-corrected chi connectivity index (χ3v) is 0.539. The molecule has 0 saturated heterocycles. The topological polar surface area (TPSA) is 9.23 Å². The highest BCUT2D eigenvalue weighted by molar-refractivity contribution is 4.41. The van der Waals surface area contributed by atoms with Gasteiger partial charge in [-0.1, -0.05) is 13.8 Å². The minimum absolute atomic E-state index is 0.0441. The lowest BCUT2D eigenvalue weighted by atomic mass is 10.2. The van der Waals surface area contributed by atoms with Gasteiger partial charge in [-0.05, 0) is 19.8 Å². The van der Waals surface area contributed by atoms with Crippen LogP contribution < -0.4 is 0 Å². The quantitative estimate of drug-likeness (QED) is 0.551. The Bertz CT molecular complexity index is 99.8. The molecular formula is C7H16O. The summed E-state index contributed by atoms with van der Waals surface area (Å²) in [6, 6.07) is 0. The highest BCUT2D eigenvalue weighted by atomic mass is 16.5. The van der Waals surface area contributed by atoms with Crippen molar-refractivity contribution in [2.75, 3.05) is 6.56 Å². The summed E-state index contributed by atoms with van der Waals surface area (Å²) < 4.78 is 19.7. The molecule has 0 heterocycles. The van der Waals surface area contributed by atoms with Crippen LogP contribution in [0.4, 0.5) is 0 Å². The maximum absolute atomic E-state index is 7.36. The number of hydrogen-bond acceptors (Lipinski definition) is 1. The van der Waals surface area contributed by atoms with Gasteiger partial charge in [-0.25, -0.2) is 0 Å². The summed E-state index contributed by atoms with van der Waals surface area (Å²) in [7, 11) is 0. The molecule has 0 radical (unpaired) electrons. The summed E-state index contributed by atoms with van der Waals surface area (Å²) in [4.78, 5) is 0. The Morgan fingerprint density at radius 3 is 2.00 bits per heavy atom. The molecule has 0 aliphatic rings. The van der Waals surface area contributed by atoms with Gasteiger partial charge in [-0.3, -0.25) is 0 Å². The molecule has 0 aromatic heterocycles. The molecular weight excluding hydrogens is 100 g/mol. The summed E-state index contributed by atoms with van der Waals surface area (Å²) in [5.41, 5.74) is 0. The molecule has 0 amide bonds. The first-order valence-corrected chi connectivity index (χ1v) is 3.04. The zero-order valence-corrected chi connectivity index (χ0v) is 6.06. The highest BCUT2D eigenvalue weighted by Gasteiger charge is 1.94. The molecule has 0 aliphatic heterocycles. The average Bonchev–Trinajstić information content (AvgIpc) is 1.60. The Morgan fingerprint density at radius 1 is 1.38 bits per heavy atom. The minimum atomic E-state index is -1.48. The van der Waals surface area contributed by atoms with Gasteiger partial charge in [-0.2, -0.15) is 0 Å². The largest absolute Gasteiger partial charge is 0.379 e. The summed E-state index contributed by atoms with van der Waals surface area (Å²) >= 11 is 0. The van der Waals surface area contributed by atoms with E-state index in [0.29, 0.717) is 0 Å². The second-order valence-corrected chi connectivity index (χ2v) is 2.44. The zero-order valence-electron chi connectivity index (χ0n) is 8.06. The second kappa shape index (κ2) is 3.90.